The molecule has 148 valence electrons. The molecule has 1 aromatic carbocycles. The lowest BCUT2D eigenvalue weighted by atomic mass is 9.94. The molecule has 1 saturated heterocycles. The van der Waals surface area contributed by atoms with Gasteiger partial charge in [-0.1, -0.05) is 0 Å². The number of amides is 2. The number of aromatic nitrogens is 1. The fraction of sp³-hybridized carbons (Fsp3) is 0.381. The van der Waals surface area contributed by atoms with E-state index in [-0.39, 0.29) is 23.3 Å². The van der Waals surface area contributed by atoms with Crippen molar-refractivity contribution in [3.05, 3.63) is 65.5 Å². The lowest BCUT2D eigenvalue weighted by Gasteiger charge is -2.33. The minimum absolute atomic E-state index is 0.0778. The third kappa shape index (κ3) is 4.71. The van der Waals surface area contributed by atoms with Crippen LogP contribution in [0.4, 0.5) is 8.78 Å². The highest BCUT2D eigenvalue weighted by atomic mass is 19.2. The summed E-state index contributed by atoms with van der Waals surface area (Å²) in [4.78, 5) is 32.4. The molecule has 1 fully saturated rings. The monoisotopic (exact) mass is 387 g/mol. The van der Waals surface area contributed by atoms with Crippen LogP contribution in [0.2, 0.25) is 0 Å². The van der Waals surface area contributed by atoms with Crippen LogP contribution in [0.3, 0.4) is 0 Å². The van der Waals surface area contributed by atoms with Crippen molar-refractivity contribution in [2.75, 3.05) is 26.7 Å². The van der Waals surface area contributed by atoms with Crippen LogP contribution in [-0.4, -0.2) is 53.3 Å². The Kier molecular flexibility index (Phi) is 6.34. The molecule has 1 aliphatic heterocycles. The molecule has 1 aromatic heterocycles. The van der Waals surface area contributed by atoms with Crippen molar-refractivity contribution >= 4 is 11.8 Å². The van der Waals surface area contributed by atoms with E-state index in [1.807, 2.05) is 12.1 Å². The number of hydrogen-bond acceptors (Lipinski definition) is 3. The van der Waals surface area contributed by atoms with Crippen LogP contribution >= 0.6 is 0 Å². The van der Waals surface area contributed by atoms with E-state index < -0.39 is 11.6 Å². The Morgan fingerprint density at radius 1 is 1.11 bits per heavy atom. The van der Waals surface area contributed by atoms with E-state index in [4.69, 9.17) is 0 Å². The van der Waals surface area contributed by atoms with Crippen molar-refractivity contribution in [3.63, 3.8) is 0 Å². The zero-order chi connectivity index (χ0) is 20.1. The molecular weight excluding hydrogens is 364 g/mol. The van der Waals surface area contributed by atoms with Crippen molar-refractivity contribution in [3.8, 4) is 0 Å². The number of likely N-dealkylation sites (N-methyl/N-ethyl adjacent to an activating group) is 1. The van der Waals surface area contributed by atoms with Crippen LogP contribution in [0.5, 0.6) is 0 Å². The molecule has 0 aliphatic carbocycles. The van der Waals surface area contributed by atoms with Gasteiger partial charge in [-0.05, 0) is 55.2 Å². The standard InChI is InChI=1S/C21H23F2N3O2/c1-25(11-6-15-4-9-24-10-5-15)20(27)16-7-12-26(13-8-16)21(28)17-2-3-18(22)19(23)14-17/h2-5,9-10,14,16H,6-8,11-13H2,1H3. The average Bonchev–Trinajstić information content (AvgIpc) is 2.73. The number of nitrogens with zero attached hydrogens (tertiary/aromatic N) is 3. The highest BCUT2D eigenvalue weighted by molar-refractivity contribution is 5.94. The van der Waals surface area contributed by atoms with E-state index in [1.165, 1.54) is 6.07 Å². The van der Waals surface area contributed by atoms with Crippen molar-refractivity contribution in [2.24, 2.45) is 5.92 Å². The van der Waals surface area contributed by atoms with Gasteiger partial charge in [-0.15, -0.1) is 0 Å². The quantitative estimate of drug-likeness (QED) is 0.793. The normalized spacial score (nSPS) is 14.8. The Labute approximate surface area is 163 Å². The number of benzene rings is 1. The van der Waals surface area contributed by atoms with Crippen molar-refractivity contribution in [2.45, 2.75) is 19.3 Å². The second-order valence-corrected chi connectivity index (χ2v) is 7.06. The highest BCUT2D eigenvalue weighted by Crippen LogP contribution is 2.21. The number of carbonyl (C=O) groups excluding carboxylic acids is 2. The number of carbonyl (C=O) groups is 2. The Bertz CT molecular complexity index is 837. The summed E-state index contributed by atoms with van der Waals surface area (Å²) in [6.45, 7) is 1.47. The zero-order valence-corrected chi connectivity index (χ0v) is 15.8. The Hall–Kier alpha value is -2.83. The average molecular weight is 387 g/mol. The Morgan fingerprint density at radius 2 is 1.79 bits per heavy atom. The molecule has 0 spiro atoms. The zero-order valence-electron chi connectivity index (χ0n) is 15.8. The lowest BCUT2D eigenvalue weighted by molar-refractivity contribution is -0.135. The van der Waals surface area contributed by atoms with E-state index in [2.05, 4.69) is 4.98 Å². The van der Waals surface area contributed by atoms with Gasteiger partial charge in [-0.25, -0.2) is 8.78 Å². The number of hydrogen-bond donors (Lipinski definition) is 0. The molecule has 0 atom stereocenters. The van der Waals surface area contributed by atoms with Gasteiger partial charge in [-0.3, -0.25) is 14.6 Å². The van der Waals surface area contributed by atoms with Crippen LogP contribution in [-0.2, 0) is 11.2 Å². The molecule has 2 amide bonds. The molecule has 3 rings (SSSR count). The van der Waals surface area contributed by atoms with E-state index >= 15 is 0 Å². The van der Waals surface area contributed by atoms with Gasteiger partial charge in [0.1, 0.15) is 0 Å². The summed E-state index contributed by atoms with van der Waals surface area (Å²) in [5.41, 5.74) is 1.25. The first kappa shape index (κ1) is 19.9. The van der Waals surface area contributed by atoms with E-state index in [0.717, 1.165) is 24.1 Å². The predicted molar refractivity (Wildman–Crippen MR) is 101 cm³/mol. The minimum atomic E-state index is -1.04. The first-order valence-corrected chi connectivity index (χ1v) is 9.34. The van der Waals surface area contributed by atoms with Gasteiger partial charge in [0.2, 0.25) is 5.91 Å². The summed E-state index contributed by atoms with van der Waals surface area (Å²) in [5, 5.41) is 0. The van der Waals surface area contributed by atoms with Gasteiger partial charge in [0, 0.05) is 50.6 Å². The lowest BCUT2D eigenvalue weighted by Crippen LogP contribution is -2.43. The van der Waals surface area contributed by atoms with Gasteiger partial charge in [0.25, 0.3) is 5.91 Å². The van der Waals surface area contributed by atoms with Crippen molar-refractivity contribution < 1.29 is 18.4 Å². The maximum Gasteiger partial charge on any atom is 0.253 e. The fourth-order valence-corrected chi connectivity index (χ4v) is 3.41. The fourth-order valence-electron chi connectivity index (χ4n) is 3.41. The molecule has 0 radical (unpaired) electrons. The van der Waals surface area contributed by atoms with E-state index in [9.17, 15) is 18.4 Å². The maximum absolute atomic E-state index is 13.4. The Balaban J connectivity index is 1.50. The third-order valence-electron chi connectivity index (χ3n) is 5.16. The summed E-state index contributed by atoms with van der Waals surface area (Å²) in [6.07, 6.45) is 5.35. The highest BCUT2D eigenvalue weighted by Gasteiger charge is 2.29. The second kappa shape index (κ2) is 8.91. The largest absolute Gasteiger partial charge is 0.345 e. The molecule has 7 heteroatoms. The summed E-state index contributed by atoms with van der Waals surface area (Å²) >= 11 is 0. The minimum Gasteiger partial charge on any atom is -0.345 e. The topological polar surface area (TPSA) is 53.5 Å². The first-order chi connectivity index (χ1) is 13.5. The third-order valence-corrected chi connectivity index (χ3v) is 5.16. The predicted octanol–water partition coefficient (Wildman–Crippen LogP) is 2.91. The van der Waals surface area contributed by atoms with Crippen LogP contribution in [0, 0.1) is 17.6 Å². The molecular formula is C21H23F2N3O2. The molecule has 0 unspecified atom stereocenters. The molecule has 0 N–H and O–H groups in total. The van der Waals surface area contributed by atoms with E-state index in [1.54, 1.807) is 29.2 Å². The van der Waals surface area contributed by atoms with Crippen LogP contribution in [0.25, 0.3) is 0 Å². The summed E-state index contributed by atoms with van der Waals surface area (Å²) < 4.78 is 26.4. The molecule has 5 nitrogen and oxygen atoms in total. The molecule has 2 heterocycles. The first-order valence-electron chi connectivity index (χ1n) is 9.34. The second-order valence-electron chi connectivity index (χ2n) is 7.06. The number of likely N-dealkylation sites (tertiary alicyclic amines) is 1. The maximum atomic E-state index is 13.4. The van der Waals surface area contributed by atoms with Crippen molar-refractivity contribution in [1.29, 1.82) is 0 Å². The van der Waals surface area contributed by atoms with E-state index in [0.29, 0.717) is 32.5 Å². The molecule has 0 bridgehead atoms. The van der Waals surface area contributed by atoms with Gasteiger partial charge < -0.3 is 9.80 Å². The number of halogens is 2. The SMILES string of the molecule is CN(CCc1ccncc1)C(=O)C1CCN(C(=O)c2ccc(F)c(F)c2)CC1. The van der Waals surface area contributed by atoms with Crippen LogP contribution < -0.4 is 0 Å². The van der Waals surface area contributed by atoms with Crippen LogP contribution in [0.1, 0.15) is 28.8 Å². The molecule has 28 heavy (non-hydrogen) atoms. The number of rotatable bonds is 5. The molecule has 0 saturated carbocycles. The smallest absolute Gasteiger partial charge is 0.253 e. The number of pyridine rings is 1. The van der Waals surface area contributed by atoms with Gasteiger partial charge in [-0.2, -0.15) is 0 Å². The Morgan fingerprint density at radius 3 is 2.43 bits per heavy atom. The summed E-state index contributed by atoms with van der Waals surface area (Å²) in [6, 6.07) is 7.02. The van der Waals surface area contributed by atoms with Crippen molar-refractivity contribution in [1.82, 2.24) is 14.8 Å². The number of piperidine rings is 1. The van der Waals surface area contributed by atoms with Gasteiger partial charge >= 0.3 is 0 Å². The molecule has 1 aliphatic rings. The van der Waals surface area contributed by atoms with Crippen LogP contribution in [0.15, 0.2) is 42.7 Å². The molecule has 2 aromatic rings. The van der Waals surface area contributed by atoms with Gasteiger partial charge in [0.15, 0.2) is 11.6 Å². The summed E-state index contributed by atoms with van der Waals surface area (Å²) in [7, 11) is 1.79. The summed E-state index contributed by atoms with van der Waals surface area (Å²) in [5.74, 6) is -2.40. The van der Waals surface area contributed by atoms with Gasteiger partial charge in [0.05, 0.1) is 0 Å².